The average molecular weight is 376 g/mol. The number of aliphatic imine (C=N–C) groups is 1. The molecule has 2 unspecified atom stereocenters. The fourth-order valence-electron chi connectivity index (χ4n) is 3.57. The summed E-state index contributed by atoms with van der Waals surface area (Å²) in [5, 5.41) is 0. The number of esters is 1. The van der Waals surface area contributed by atoms with Crippen LogP contribution in [0.4, 0.5) is 10.7 Å². The smallest absolute Gasteiger partial charge is 0.402 e. The molecule has 3 rings (SSSR count). The lowest BCUT2D eigenvalue weighted by molar-refractivity contribution is -0.677. The maximum Gasteiger partial charge on any atom is 0.402 e. The van der Waals surface area contributed by atoms with Gasteiger partial charge >= 0.3 is 17.9 Å². The summed E-state index contributed by atoms with van der Waals surface area (Å²) in [4.78, 5) is 44.5. The van der Waals surface area contributed by atoms with Gasteiger partial charge in [-0.2, -0.15) is 0 Å². The zero-order chi connectivity index (χ0) is 19.9. The SMILES string of the molecule is CCOC(=O)CCN1C(=O)C2C(=Nc3n(C(C)CC)c(C)c[n+]32)N(C)C1=O. The van der Waals surface area contributed by atoms with Gasteiger partial charge in [-0.05, 0) is 27.2 Å². The van der Waals surface area contributed by atoms with Crippen molar-refractivity contribution in [2.24, 2.45) is 4.99 Å². The quantitative estimate of drug-likeness (QED) is 0.556. The Hall–Kier alpha value is -2.71. The number of likely N-dealkylation sites (N-methyl/N-ethyl adjacent to an activating group) is 1. The lowest BCUT2D eigenvalue weighted by atomic mass is 10.1. The minimum Gasteiger partial charge on any atom is -0.466 e. The monoisotopic (exact) mass is 376 g/mol. The van der Waals surface area contributed by atoms with Crippen LogP contribution in [-0.4, -0.2) is 58.3 Å². The molecule has 3 amide bonds. The Balaban J connectivity index is 1.93. The molecule has 0 spiro atoms. The Kier molecular flexibility index (Phi) is 5.03. The fraction of sp³-hybridized carbons (Fsp3) is 0.611. The molecule has 3 heterocycles. The minimum atomic E-state index is -0.686. The summed E-state index contributed by atoms with van der Waals surface area (Å²) in [5.74, 6) is 0.288. The number of urea groups is 1. The van der Waals surface area contributed by atoms with Crippen molar-refractivity contribution in [1.29, 1.82) is 0 Å². The third-order valence-corrected chi connectivity index (χ3v) is 5.13. The second-order valence-electron chi connectivity index (χ2n) is 6.86. The van der Waals surface area contributed by atoms with E-state index < -0.39 is 18.0 Å². The van der Waals surface area contributed by atoms with Crippen molar-refractivity contribution in [2.75, 3.05) is 20.2 Å². The fourth-order valence-corrected chi connectivity index (χ4v) is 3.57. The van der Waals surface area contributed by atoms with E-state index in [0.717, 1.165) is 17.0 Å². The zero-order valence-corrected chi connectivity index (χ0v) is 16.4. The molecule has 0 saturated carbocycles. The van der Waals surface area contributed by atoms with Gasteiger partial charge in [0.2, 0.25) is 11.9 Å². The molecule has 2 aliphatic rings. The largest absolute Gasteiger partial charge is 0.466 e. The molecule has 0 radical (unpaired) electrons. The van der Waals surface area contributed by atoms with Gasteiger partial charge in [0.25, 0.3) is 5.91 Å². The molecule has 1 aromatic rings. The molecule has 0 aliphatic carbocycles. The maximum absolute atomic E-state index is 13.1. The first-order chi connectivity index (χ1) is 12.8. The number of hydrogen-bond acceptors (Lipinski definition) is 5. The lowest BCUT2D eigenvalue weighted by Crippen LogP contribution is -2.62. The van der Waals surface area contributed by atoms with Gasteiger partial charge < -0.3 is 4.74 Å². The van der Waals surface area contributed by atoms with Crippen LogP contribution in [0.3, 0.4) is 0 Å². The zero-order valence-electron chi connectivity index (χ0n) is 16.4. The third kappa shape index (κ3) is 3.00. The number of rotatable bonds is 6. The van der Waals surface area contributed by atoms with Gasteiger partial charge in [0, 0.05) is 13.6 Å². The molecule has 9 heteroatoms. The van der Waals surface area contributed by atoms with E-state index >= 15 is 0 Å². The van der Waals surface area contributed by atoms with Crippen LogP contribution in [0.25, 0.3) is 0 Å². The first-order valence-corrected chi connectivity index (χ1v) is 9.28. The van der Waals surface area contributed by atoms with Crippen molar-refractivity contribution >= 4 is 29.7 Å². The van der Waals surface area contributed by atoms with Gasteiger partial charge in [0.1, 0.15) is 11.9 Å². The highest BCUT2D eigenvalue weighted by Gasteiger charge is 2.53. The highest BCUT2D eigenvalue weighted by molar-refractivity contribution is 6.19. The molecule has 0 aromatic carbocycles. The lowest BCUT2D eigenvalue weighted by Gasteiger charge is -2.32. The molecule has 1 aromatic heterocycles. The van der Waals surface area contributed by atoms with Crippen LogP contribution in [0.2, 0.25) is 0 Å². The number of hydrogen-bond donors (Lipinski definition) is 0. The first kappa shape index (κ1) is 19.1. The van der Waals surface area contributed by atoms with E-state index in [0.29, 0.717) is 11.8 Å². The number of carbonyl (C=O) groups excluding carboxylic acids is 3. The van der Waals surface area contributed by atoms with Crippen molar-refractivity contribution in [1.82, 2.24) is 14.4 Å². The number of nitrogens with zero attached hydrogens (tertiary/aromatic N) is 5. The second kappa shape index (κ2) is 7.13. The summed E-state index contributed by atoms with van der Waals surface area (Å²) in [5.41, 5.74) is 1.01. The van der Waals surface area contributed by atoms with Crippen molar-refractivity contribution in [2.45, 2.75) is 52.6 Å². The second-order valence-corrected chi connectivity index (χ2v) is 6.86. The molecule has 1 saturated heterocycles. The Morgan fingerprint density at radius 2 is 2.07 bits per heavy atom. The number of ether oxygens (including phenoxy) is 1. The highest BCUT2D eigenvalue weighted by Crippen LogP contribution is 2.31. The van der Waals surface area contributed by atoms with Crippen molar-refractivity contribution in [3.05, 3.63) is 11.9 Å². The Morgan fingerprint density at radius 3 is 2.70 bits per heavy atom. The van der Waals surface area contributed by atoms with Crippen LogP contribution in [-0.2, 0) is 14.3 Å². The Labute approximate surface area is 158 Å². The van der Waals surface area contributed by atoms with Crippen LogP contribution in [0.5, 0.6) is 0 Å². The van der Waals surface area contributed by atoms with E-state index in [1.54, 1.807) is 14.0 Å². The van der Waals surface area contributed by atoms with E-state index in [9.17, 15) is 14.4 Å². The van der Waals surface area contributed by atoms with Gasteiger partial charge in [0.05, 0.1) is 19.1 Å². The molecule has 27 heavy (non-hydrogen) atoms. The molecule has 2 aliphatic heterocycles. The number of imidazole rings is 1. The first-order valence-electron chi connectivity index (χ1n) is 9.28. The number of carbonyl (C=O) groups is 3. The van der Waals surface area contributed by atoms with E-state index in [1.807, 2.05) is 17.7 Å². The normalized spacial score (nSPS) is 19.7. The van der Waals surface area contributed by atoms with E-state index in [4.69, 9.17) is 4.74 Å². The van der Waals surface area contributed by atoms with Crippen molar-refractivity contribution in [3.8, 4) is 0 Å². The predicted octanol–water partition coefficient (Wildman–Crippen LogP) is 1.49. The molecular formula is C18H26N5O4+. The summed E-state index contributed by atoms with van der Waals surface area (Å²) in [6, 6.07) is -0.937. The number of aromatic nitrogens is 2. The molecule has 0 bridgehead atoms. The van der Waals surface area contributed by atoms with Crippen LogP contribution in [0.15, 0.2) is 11.2 Å². The molecule has 2 atom stereocenters. The van der Waals surface area contributed by atoms with Gasteiger partial charge in [0.15, 0.2) is 0 Å². The summed E-state index contributed by atoms with van der Waals surface area (Å²) < 4.78 is 8.80. The number of amides is 3. The number of imide groups is 1. The summed E-state index contributed by atoms with van der Waals surface area (Å²) in [6.07, 6.45) is 2.79. The predicted molar refractivity (Wildman–Crippen MR) is 96.6 cm³/mol. The minimum absolute atomic E-state index is 0.00837. The van der Waals surface area contributed by atoms with E-state index in [2.05, 4.69) is 23.4 Å². The summed E-state index contributed by atoms with van der Waals surface area (Å²) in [7, 11) is 1.60. The van der Waals surface area contributed by atoms with Crippen LogP contribution >= 0.6 is 0 Å². The Bertz CT molecular complexity index is 828. The average Bonchev–Trinajstić information content (AvgIpc) is 3.14. The van der Waals surface area contributed by atoms with Crippen LogP contribution < -0.4 is 4.57 Å². The highest BCUT2D eigenvalue weighted by atomic mass is 16.5. The van der Waals surface area contributed by atoms with Crippen LogP contribution in [0, 0.1) is 6.92 Å². The molecule has 1 fully saturated rings. The summed E-state index contributed by atoms with van der Waals surface area (Å²) in [6.45, 7) is 8.14. The van der Waals surface area contributed by atoms with E-state index in [-0.39, 0.29) is 31.5 Å². The molecular weight excluding hydrogens is 350 g/mol. The van der Waals surface area contributed by atoms with Crippen molar-refractivity contribution < 1.29 is 23.7 Å². The maximum atomic E-state index is 13.1. The molecule has 0 N–H and O–H groups in total. The number of fused-ring (bicyclic) bond motifs is 3. The van der Waals surface area contributed by atoms with Gasteiger partial charge in [-0.25, -0.2) is 13.9 Å². The number of amidine groups is 1. The summed E-state index contributed by atoms with van der Waals surface area (Å²) >= 11 is 0. The third-order valence-electron chi connectivity index (χ3n) is 5.13. The number of aryl methyl sites for hydroxylation is 1. The van der Waals surface area contributed by atoms with E-state index in [1.165, 1.54) is 4.90 Å². The van der Waals surface area contributed by atoms with Gasteiger partial charge in [-0.3, -0.25) is 19.4 Å². The van der Waals surface area contributed by atoms with Crippen molar-refractivity contribution in [3.63, 3.8) is 0 Å². The Morgan fingerprint density at radius 1 is 1.37 bits per heavy atom. The molecule has 146 valence electrons. The van der Waals surface area contributed by atoms with Gasteiger partial charge in [-0.1, -0.05) is 11.9 Å². The van der Waals surface area contributed by atoms with Gasteiger partial charge in [-0.15, -0.1) is 0 Å². The topological polar surface area (TPSA) is 88.1 Å². The standard InChI is InChI=1S/C18H26N5O4/c1-6-11(3)23-12(4)10-22-14-15(19-17(22)23)20(5)18(26)21(16(14)25)9-8-13(24)27-7-2/h10-11,14H,6-9H2,1-5H3/q+1. The van der Waals surface area contributed by atoms with Crippen LogP contribution in [0.1, 0.15) is 51.4 Å². The molecule has 9 nitrogen and oxygen atoms in total.